The van der Waals surface area contributed by atoms with E-state index in [0.717, 1.165) is 11.1 Å². The Kier molecular flexibility index (Phi) is 23.9. The van der Waals surface area contributed by atoms with Crippen LogP contribution in [0.2, 0.25) is 0 Å². The first-order chi connectivity index (χ1) is 34.9. The monoisotopic (exact) mass is 1100 g/mol. The van der Waals surface area contributed by atoms with Gasteiger partial charge in [-0.25, -0.2) is 0 Å². The number of carbonyl (C=O) groups is 8. The highest BCUT2D eigenvalue weighted by molar-refractivity contribution is 6.01. The fraction of sp³-hybridized carbons (Fsp3) is 0.519. The highest BCUT2D eigenvalue weighted by Crippen LogP contribution is 2.29. The van der Waals surface area contributed by atoms with Crippen LogP contribution in [0.4, 0.5) is 0 Å². The van der Waals surface area contributed by atoms with Gasteiger partial charge in [0, 0.05) is 36.3 Å². The summed E-state index contributed by atoms with van der Waals surface area (Å²) < 4.78 is 0. The molecule has 0 aromatic heterocycles. The molecule has 418 valence electrons. The Balaban J connectivity index is 0.00000760. The van der Waals surface area contributed by atoms with E-state index in [1.165, 1.54) is 48.2 Å². The van der Waals surface area contributed by atoms with E-state index in [9.17, 15) is 48.6 Å². The second-order valence-corrected chi connectivity index (χ2v) is 21.4. The van der Waals surface area contributed by atoms with Crippen molar-refractivity contribution in [3.63, 3.8) is 0 Å². The molecule has 2 aliphatic heterocycles. The third-order valence-electron chi connectivity index (χ3n) is 13.6. The van der Waals surface area contributed by atoms with E-state index < -0.39 is 132 Å². The molecule has 10 N–H and O–H groups in total. The van der Waals surface area contributed by atoms with Gasteiger partial charge in [0.25, 0.3) is 11.8 Å². The molecule has 10 atom stereocenters. The molecule has 2 saturated heterocycles. The van der Waals surface area contributed by atoms with E-state index in [4.69, 9.17) is 0 Å². The summed E-state index contributed by atoms with van der Waals surface area (Å²) in [5.74, 6) is -4.43. The summed E-state index contributed by atoms with van der Waals surface area (Å²) in [5, 5.41) is 42.5. The lowest BCUT2D eigenvalue weighted by Crippen LogP contribution is -2.60. The number of rotatable bonds is 20. The zero-order valence-electron chi connectivity index (χ0n) is 45.0. The maximum absolute atomic E-state index is 14.6. The minimum absolute atomic E-state index is 0. The third-order valence-corrected chi connectivity index (χ3v) is 13.6. The van der Waals surface area contributed by atoms with E-state index in [0.29, 0.717) is 0 Å². The van der Waals surface area contributed by atoms with Gasteiger partial charge < -0.3 is 62.5 Å². The molecule has 3 aromatic carbocycles. The average Bonchev–Trinajstić information content (AvgIpc) is 4.00. The summed E-state index contributed by atoms with van der Waals surface area (Å²) in [6.07, 6.45) is 0.0528. The number of hydrogen-bond donors (Lipinski definition) is 10. The van der Waals surface area contributed by atoms with Crippen LogP contribution >= 0.6 is 24.8 Å². The summed E-state index contributed by atoms with van der Waals surface area (Å²) in [6.45, 7) is 13.0. The molecule has 20 nitrogen and oxygen atoms in total. The summed E-state index contributed by atoms with van der Waals surface area (Å²) in [7, 11) is 3.01. The van der Waals surface area contributed by atoms with Gasteiger partial charge in [0.1, 0.15) is 36.3 Å². The van der Waals surface area contributed by atoms with Crippen LogP contribution in [-0.2, 0) is 28.8 Å². The minimum atomic E-state index is -1.12. The van der Waals surface area contributed by atoms with Gasteiger partial charge in [-0.1, -0.05) is 108 Å². The topological polar surface area (TPSA) is 280 Å². The number of nitrogens with one attached hydrogen (secondary N) is 8. The zero-order valence-corrected chi connectivity index (χ0v) is 46.6. The Morgan fingerprint density at radius 2 is 0.882 bits per heavy atom. The maximum atomic E-state index is 14.6. The zero-order chi connectivity index (χ0) is 54.7. The summed E-state index contributed by atoms with van der Waals surface area (Å²) in [5.41, 5.74) is 0.191. The number of carbonyl (C=O) groups excluding carboxylic acids is 8. The fourth-order valence-electron chi connectivity index (χ4n) is 9.20. The van der Waals surface area contributed by atoms with E-state index in [1.807, 2.05) is 74.5 Å². The van der Waals surface area contributed by atoms with Gasteiger partial charge in [0.15, 0.2) is 0 Å². The van der Waals surface area contributed by atoms with Crippen molar-refractivity contribution in [2.24, 2.45) is 10.8 Å². The van der Waals surface area contributed by atoms with Gasteiger partial charge in [0.05, 0.1) is 25.3 Å². The Morgan fingerprint density at radius 3 is 1.18 bits per heavy atom. The average molecular weight is 1100 g/mol. The number of likely N-dealkylation sites (tertiary alicyclic amines) is 2. The summed E-state index contributed by atoms with van der Waals surface area (Å²) in [4.78, 5) is 115. The first kappa shape index (κ1) is 64.1. The second kappa shape index (κ2) is 28.3. The predicted octanol–water partition coefficient (Wildman–Crippen LogP) is 1.91. The van der Waals surface area contributed by atoms with Crippen molar-refractivity contribution in [1.82, 2.24) is 52.3 Å². The van der Waals surface area contributed by atoms with Crippen LogP contribution in [0.5, 0.6) is 0 Å². The van der Waals surface area contributed by atoms with Gasteiger partial charge in [-0.05, 0) is 80.9 Å². The molecule has 76 heavy (non-hydrogen) atoms. The van der Waals surface area contributed by atoms with Crippen molar-refractivity contribution in [2.45, 2.75) is 129 Å². The summed E-state index contributed by atoms with van der Waals surface area (Å²) >= 11 is 0. The molecular formula is C54H78Cl2N10O10. The van der Waals surface area contributed by atoms with Crippen LogP contribution in [0.15, 0.2) is 84.9 Å². The van der Waals surface area contributed by atoms with Gasteiger partial charge in [-0.2, -0.15) is 0 Å². The smallest absolute Gasteiger partial charge is 0.251 e. The van der Waals surface area contributed by atoms with Crippen LogP contribution < -0.4 is 42.5 Å². The lowest BCUT2D eigenvalue weighted by molar-refractivity contribution is -0.144. The van der Waals surface area contributed by atoms with E-state index in [-0.39, 0.29) is 61.9 Å². The Labute approximate surface area is 458 Å². The van der Waals surface area contributed by atoms with Crippen molar-refractivity contribution in [1.29, 1.82) is 0 Å². The standard InChI is InChI=1S/C54H76N10O10.2ClH/c1-31(33-18-13-11-14-19-33)57-49(71)41-25-37(27-63(41)51(73)43(53(3,4)5)61-47(69)39(29-65)55-9)59-45(67)35-22-17-23-36(24-35)46(68)60-38-26-42(50(72)58-32(2)34-20-15-12-16-21-34)64(28-38)52(74)44(54(6,7)8)62-48(70)40(30-66)56-10;;/h11-24,31-32,37-44,55-56,65-66H,25-30H2,1-10H3,(H,57,71)(H,58,72)(H,59,67)(H,60,68)(H,61,69)(H,62,70);2*1H/t31-,32-,37+,38+,39+,40+,41+,42+,43-,44-;;/m1../s1. The van der Waals surface area contributed by atoms with Crippen molar-refractivity contribution >= 4 is 72.1 Å². The van der Waals surface area contributed by atoms with Crippen LogP contribution in [0, 0.1) is 10.8 Å². The largest absolute Gasteiger partial charge is 0.394 e. The number of hydrogen-bond acceptors (Lipinski definition) is 12. The SMILES string of the molecule is CN[C@@H](CO)C(=O)N[C@H](C(=O)N1C[C@@H](NC(=O)c2cccc(C(=O)N[C@H]3C[C@@H](C(=O)N[C@H](C)c4ccccc4)N(C(=O)[C@@H](NC(=O)[C@H](CO)NC)C(C)(C)C)C3)c2)C[C@H]1C(=O)N[C@H](C)c1ccccc1)C(C)(C)C.Cl.Cl. The Bertz CT molecular complexity index is 2300. The van der Waals surface area contributed by atoms with Gasteiger partial charge in [-0.3, -0.25) is 38.4 Å². The number of amides is 8. The van der Waals surface area contributed by atoms with Crippen LogP contribution in [0.25, 0.3) is 0 Å². The molecule has 8 amide bonds. The predicted molar refractivity (Wildman–Crippen MR) is 292 cm³/mol. The molecular weight excluding hydrogens is 1020 g/mol. The van der Waals surface area contributed by atoms with E-state index in [1.54, 1.807) is 41.5 Å². The highest BCUT2D eigenvalue weighted by Gasteiger charge is 2.48. The normalized spacial score (nSPS) is 19.7. The Hall–Kier alpha value is -6.16. The number of halogens is 2. The van der Waals surface area contributed by atoms with Crippen molar-refractivity contribution in [2.75, 3.05) is 40.4 Å². The molecule has 2 fully saturated rings. The van der Waals surface area contributed by atoms with Gasteiger partial charge >= 0.3 is 0 Å². The van der Waals surface area contributed by atoms with Crippen LogP contribution in [-0.4, -0.2) is 156 Å². The molecule has 5 rings (SSSR count). The van der Waals surface area contributed by atoms with Gasteiger partial charge in [0.2, 0.25) is 35.4 Å². The molecule has 0 radical (unpaired) electrons. The lowest BCUT2D eigenvalue weighted by atomic mass is 9.85. The van der Waals surface area contributed by atoms with Crippen LogP contribution in [0.1, 0.15) is 112 Å². The number of benzene rings is 3. The molecule has 0 unspecified atom stereocenters. The first-order valence-electron chi connectivity index (χ1n) is 25.1. The van der Waals surface area contributed by atoms with Gasteiger partial charge in [-0.15, -0.1) is 24.8 Å². The second-order valence-electron chi connectivity index (χ2n) is 21.4. The van der Waals surface area contributed by atoms with Crippen molar-refractivity contribution < 1.29 is 48.6 Å². The maximum Gasteiger partial charge on any atom is 0.251 e. The number of nitrogens with zero attached hydrogens (tertiary/aromatic N) is 2. The number of aliphatic hydroxyl groups excluding tert-OH is 2. The van der Waals surface area contributed by atoms with E-state index >= 15 is 0 Å². The number of likely N-dealkylation sites (N-methyl/N-ethyl adjacent to an activating group) is 2. The fourth-order valence-corrected chi connectivity index (χ4v) is 9.20. The van der Waals surface area contributed by atoms with E-state index in [2.05, 4.69) is 42.5 Å². The molecule has 0 bridgehead atoms. The minimum Gasteiger partial charge on any atom is -0.394 e. The molecule has 22 heteroatoms. The lowest BCUT2D eigenvalue weighted by Gasteiger charge is -2.36. The number of aliphatic hydroxyl groups is 2. The third kappa shape index (κ3) is 16.4. The Morgan fingerprint density at radius 1 is 0.539 bits per heavy atom. The molecule has 0 aliphatic carbocycles. The van der Waals surface area contributed by atoms with Crippen LogP contribution in [0.3, 0.4) is 0 Å². The van der Waals surface area contributed by atoms with Crippen molar-refractivity contribution in [3.8, 4) is 0 Å². The first-order valence-corrected chi connectivity index (χ1v) is 25.1. The molecule has 3 aromatic rings. The van der Waals surface area contributed by atoms with Crippen molar-refractivity contribution in [3.05, 3.63) is 107 Å². The summed E-state index contributed by atoms with van der Waals surface area (Å²) in [6, 6.07) is 15.8. The molecule has 2 heterocycles. The highest BCUT2D eigenvalue weighted by atomic mass is 35.5. The molecule has 2 aliphatic rings. The molecule has 0 saturated carbocycles. The molecule has 0 spiro atoms. The quantitative estimate of drug-likeness (QED) is 0.0778.